The Hall–Kier alpha value is -0.850. The second-order valence-electron chi connectivity index (χ2n) is 6.15. The van der Waals surface area contributed by atoms with E-state index in [1.807, 2.05) is 0 Å². The third kappa shape index (κ3) is 4.83. The monoisotopic (exact) mass is 312 g/mol. The number of likely N-dealkylation sites (tertiary alicyclic amines) is 1. The maximum absolute atomic E-state index is 5.60. The molecule has 0 aliphatic carbocycles. The van der Waals surface area contributed by atoms with Crippen LogP contribution in [0.25, 0.3) is 0 Å². The van der Waals surface area contributed by atoms with Crippen molar-refractivity contribution in [2.75, 3.05) is 59.7 Å². The van der Waals surface area contributed by atoms with Crippen LogP contribution in [0, 0.1) is 0 Å². The number of nitrogens with zero attached hydrogens (tertiary/aromatic N) is 2. The van der Waals surface area contributed by atoms with E-state index in [-0.39, 0.29) is 5.54 Å². The van der Waals surface area contributed by atoms with E-state index in [1.54, 1.807) is 7.11 Å². The van der Waals surface area contributed by atoms with Gasteiger partial charge < -0.3 is 20.1 Å². The first-order chi connectivity index (χ1) is 10.8. The van der Waals surface area contributed by atoms with Crippen molar-refractivity contribution in [1.29, 1.82) is 0 Å². The molecule has 0 unspecified atom stereocenters. The molecule has 0 aromatic rings. The van der Waals surface area contributed by atoms with Crippen LogP contribution in [-0.2, 0) is 9.47 Å². The highest BCUT2D eigenvalue weighted by atomic mass is 16.5. The number of nitrogens with one attached hydrogen (secondary N) is 2. The topological polar surface area (TPSA) is 58.1 Å². The maximum Gasteiger partial charge on any atom is 0.191 e. The maximum atomic E-state index is 5.60. The average Bonchev–Trinajstić information content (AvgIpc) is 3.09. The molecule has 0 atom stereocenters. The molecule has 0 aromatic carbocycles. The van der Waals surface area contributed by atoms with E-state index in [0.29, 0.717) is 6.61 Å². The predicted molar refractivity (Wildman–Crippen MR) is 89.4 cm³/mol. The first-order valence-corrected chi connectivity index (χ1v) is 8.65. The van der Waals surface area contributed by atoms with Gasteiger partial charge in [-0.1, -0.05) is 0 Å². The first kappa shape index (κ1) is 17.5. The highest BCUT2D eigenvalue weighted by Gasteiger charge is 2.39. The summed E-state index contributed by atoms with van der Waals surface area (Å²) in [6.45, 7) is 9.43. The summed E-state index contributed by atoms with van der Waals surface area (Å²) in [6, 6.07) is 0. The third-order valence-electron chi connectivity index (χ3n) is 4.67. The Morgan fingerprint density at radius 3 is 2.59 bits per heavy atom. The summed E-state index contributed by atoms with van der Waals surface area (Å²) >= 11 is 0. The molecule has 0 amide bonds. The van der Waals surface area contributed by atoms with Gasteiger partial charge in [-0.05, 0) is 45.7 Å². The predicted octanol–water partition coefficient (Wildman–Crippen LogP) is 0.833. The molecule has 2 fully saturated rings. The molecule has 2 aliphatic heterocycles. The lowest BCUT2D eigenvalue weighted by Crippen LogP contribution is -2.54. The summed E-state index contributed by atoms with van der Waals surface area (Å²) in [5.41, 5.74) is 0.193. The molecule has 2 heterocycles. The molecule has 2 N–H and O–H groups in total. The van der Waals surface area contributed by atoms with E-state index < -0.39 is 0 Å². The minimum Gasteiger partial charge on any atom is -0.383 e. The fourth-order valence-corrected chi connectivity index (χ4v) is 3.36. The molecular formula is C16H32N4O2. The fraction of sp³-hybridized carbons (Fsp3) is 0.938. The van der Waals surface area contributed by atoms with Gasteiger partial charge in [-0.2, -0.15) is 0 Å². The molecule has 2 saturated heterocycles. The van der Waals surface area contributed by atoms with E-state index in [1.165, 1.54) is 25.9 Å². The number of guanidine groups is 1. The van der Waals surface area contributed by atoms with Crippen molar-refractivity contribution < 1.29 is 9.47 Å². The van der Waals surface area contributed by atoms with Crippen LogP contribution in [-0.4, -0.2) is 76.1 Å². The van der Waals surface area contributed by atoms with Crippen LogP contribution < -0.4 is 10.6 Å². The lowest BCUT2D eigenvalue weighted by Gasteiger charge is -2.43. The van der Waals surface area contributed by atoms with Gasteiger partial charge in [0.2, 0.25) is 0 Å². The molecule has 22 heavy (non-hydrogen) atoms. The highest BCUT2D eigenvalue weighted by molar-refractivity contribution is 5.79. The van der Waals surface area contributed by atoms with Crippen molar-refractivity contribution in [2.24, 2.45) is 4.99 Å². The minimum atomic E-state index is 0.193. The fourth-order valence-electron chi connectivity index (χ4n) is 3.36. The zero-order valence-electron chi connectivity index (χ0n) is 14.2. The minimum absolute atomic E-state index is 0.193. The SMILES string of the molecule is CCNC(=NCC1(N2CCCC2)CCOCC1)NCCOC. The van der Waals surface area contributed by atoms with E-state index in [4.69, 9.17) is 14.5 Å². The molecule has 0 spiro atoms. The first-order valence-electron chi connectivity index (χ1n) is 8.65. The van der Waals surface area contributed by atoms with Gasteiger partial charge in [0.25, 0.3) is 0 Å². The summed E-state index contributed by atoms with van der Waals surface area (Å²) in [7, 11) is 1.72. The Bertz CT molecular complexity index is 337. The zero-order chi connectivity index (χ0) is 15.7. The van der Waals surface area contributed by atoms with Crippen LogP contribution in [0.3, 0.4) is 0 Å². The molecule has 6 heteroatoms. The average molecular weight is 312 g/mol. The number of methoxy groups -OCH3 is 1. The standard InChI is InChI=1S/C16H32N4O2/c1-3-17-15(18-8-13-21-2)19-14-16(6-11-22-12-7-16)20-9-4-5-10-20/h3-14H2,1-2H3,(H2,17,18,19). The van der Waals surface area contributed by atoms with Gasteiger partial charge in [-0.15, -0.1) is 0 Å². The summed E-state index contributed by atoms with van der Waals surface area (Å²) in [5, 5.41) is 6.66. The van der Waals surface area contributed by atoms with E-state index >= 15 is 0 Å². The summed E-state index contributed by atoms with van der Waals surface area (Å²) in [6.07, 6.45) is 4.82. The lowest BCUT2D eigenvalue weighted by atomic mass is 9.88. The number of hydrogen-bond acceptors (Lipinski definition) is 4. The Morgan fingerprint density at radius 2 is 1.95 bits per heavy atom. The van der Waals surface area contributed by atoms with Crippen molar-refractivity contribution in [3.05, 3.63) is 0 Å². The van der Waals surface area contributed by atoms with Crippen LogP contribution in [0.4, 0.5) is 0 Å². The van der Waals surface area contributed by atoms with Crippen molar-refractivity contribution in [3.63, 3.8) is 0 Å². The molecule has 2 rings (SSSR count). The molecule has 0 bridgehead atoms. The van der Waals surface area contributed by atoms with Crippen molar-refractivity contribution in [2.45, 2.75) is 38.1 Å². The number of hydrogen-bond donors (Lipinski definition) is 2. The van der Waals surface area contributed by atoms with Crippen LogP contribution in [0.1, 0.15) is 32.6 Å². The molecular weight excluding hydrogens is 280 g/mol. The molecule has 0 saturated carbocycles. The van der Waals surface area contributed by atoms with Gasteiger partial charge in [-0.3, -0.25) is 9.89 Å². The summed E-state index contributed by atoms with van der Waals surface area (Å²) in [4.78, 5) is 7.52. The van der Waals surface area contributed by atoms with Crippen LogP contribution in [0.2, 0.25) is 0 Å². The van der Waals surface area contributed by atoms with Crippen LogP contribution in [0.5, 0.6) is 0 Å². The third-order valence-corrected chi connectivity index (χ3v) is 4.67. The number of ether oxygens (including phenoxy) is 2. The van der Waals surface area contributed by atoms with Crippen molar-refractivity contribution in [3.8, 4) is 0 Å². The van der Waals surface area contributed by atoms with Gasteiger partial charge in [0, 0.05) is 39.0 Å². The second kappa shape index (κ2) is 9.33. The molecule has 0 radical (unpaired) electrons. The van der Waals surface area contributed by atoms with Gasteiger partial charge in [0.05, 0.1) is 13.2 Å². The normalized spacial score (nSPS) is 22.7. The van der Waals surface area contributed by atoms with E-state index in [2.05, 4.69) is 22.5 Å². The summed E-state index contributed by atoms with van der Waals surface area (Å²) in [5.74, 6) is 0.893. The Morgan fingerprint density at radius 1 is 1.23 bits per heavy atom. The largest absolute Gasteiger partial charge is 0.383 e. The summed E-state index contributed by atoms with van der Waals surface area (Å²) < 4.78 is 10.7. The lowest BCUT2D eigenvalue weighted by molar-refractivity contribution is -0.0139. The van der Waals surface area contributed by atoms with E-state index in [0.717, 1.165) is 51.6 Å². The van der Waals surface area contributed by atoms with Gasteiger partial charge in [0.1, 0.15) is 0 Å². The molecule has 128 valence electrons. The van der Waals surface area contributed by atoms with Crippen LogP contribution >= 0.6 is 0 Å². The van der Waals surface area contributed by atoms with Gasteiger partial charge in [0.15, 0.2) is 5.96 Å². The van der Waals surface area contributed by atoms with Crippen molar-refractivity contribution >= 4 is 5.96 Å². The quantitative estimate of drug-likeness (QED) is 0.414. The van der Waals surface area contributed by atoms with Gasteiger partial charge >= 0.3 is 0 Å². The highest BCUT2D eigenvalue weighted by Crippen LogP contribution is 2.31. The molecule has 2 aliphatic rings. The smallest absolute Gasteiger partial charge is 0.191 e. The van der Waals surface area contributed by atoms with E-state index in [9.17, 15) is 0 Å². The molecule has 6 nitrogen and oxygen atoms in total. The van der Waals surface area contributed by atoms with Crippen molar-refractivity contribution in [1.82, 2.24) is 15.5 Å². The Balaban J connectivity index is 1.98. The number of rotatable bonds is 7. The zero-order valence-corrected chi connectivity index (χ0v) is 14.2. The molecule has 0 aromatic heterocycles. The Labute approximate surface area is 134 Å². The second-order valence-corrected chi connectivity index (χ2v) is 6.15. The van der Waals surface area contributed by atoms with Gasteiger partial charge in [-0.25, -0.2) is 0 Å². The van der Waals surface area contributed by atoms with Crippen LogP contribution in [0.15, 0.2) is 4.99 Å². The Kier molecular flexibility index (Phi) is 7.42. The number of aliphatic imine (C=N–C) groups is 1.